The molecule has 116 valence electrons. The molecule has 0 spiro atoms. The molecule has 1 aliphatic rings. The van der Waals surface area contributed by atoms with Gasteiger partial charge in [-0.15, -0.1) is 0 Å². The van der Waals surface area contributed by atoms with Crippen LogP contribution in [0.25, 0.3) is 0 Å². The molecular weight excluding hydrogens is 275 g/mol. The second-order valence-corrected chi connectivity index (χ2v) is 5.08. The third kappa shape index (κ3) is 4.32. The van der Waals surface area contributed by atoms with Gasteiger partial charge in [-0.25, -0.2) is 9.18 Å². The molecule has 0 aliphatic carbocycles. The van der Waals surface area contributed by atoms with Gasteiger partial charge in [0.15, 0.2) is 6.10 Å². The Morgan fingerprint density at radius 2 is 2.38 bits per heavy atom. The average Bonchev–Trinajstić information content (AvgIpc) is 2.89. The highest BCUT2D eigenvalue weighted by molar-refractivity contribution is 5.69. The Hall–Kier alpha value is -1.82. The Bertz CT molecular complexity index is 496. The van der Waals surface area contributed by atoms with E-state index in [9.17, 15) is 9.18 Å². The predicted molar refractivity (Wildman–Crippen MR) is 76.9 cm³/mol. The lowest BCUT2D eigenvalue weighted by Gasteiger charge is -2.19. The van der Waals surface area contributed by atoms with Crippen molar-refractivity contribution < 1.29 is 18.7 Å². The summed E-state index contributed by atoms with van der Waals surface area (Å²) in [5.74, 6) is 0.312. The van der Waals surface area contributed by atoms with Crippen LogP contribution < -0.4 is 15.4 Å². The van der Waals surface area contributed by atoms with E-state index >= 15 is 0 Å². The number of rotatable bonds is 7. The van der Waals surface area contributed by atoms with E-state index in [1.807, 2.05) is 6.92 Å². The van der Waals surface area contributed by atoms with Gasteiger partial charge in [-0.3, -0.25) is 0 Å². The zero-order valence-electron chi connectivity index (χ0n) is 12.3. The number of ether oxygens (including phenoxy) is 2. The van der Waals surface area contributed by atoms with Crippen LogP contribution in [0, 0.1) is 5.82 Å². The molecule has 1 aromatic carbocycles. The number of halogens is 1. The van der Waals surface area contributed by atoms with E-state index in [1.165, 1.54) is 12.1 Å². The van der Waals surface area contributed by atoms with E-state index < -0.39 is 6.09 Å². The fourth-order valence-corrected chi connectivity index (χ4v) is 2.17. The maximum atomic E-state index is 13.5. The minimum absolute atomic E-state index is 0.0140. The van der Waals surface area contributed by atoms with E-state index in [0.29, 0.717) is 12.3 Å². The lowest BCUT2D eigenvalue weighted by molar-refractivity contribution is 0.104. The monoisotopic (exact) mass is 296 g/mol. The van der Waals surface area contributed by atoms with Crippen LogP contribution in [0.5, 0.6) is 5.75 Å². The lowest BCUT2D eigenvalue weighted by Crippen LogP contribution is -2.24. The molecule has 0 aromatic heterocycles. The fourth-order valence-electron chi connectivity index (χ4n) is 2.17. The van der Waals surface area contributed by atoms with Gasteiger partial charge >= 0.3 is 6.09 Å². The van der Waals surface area contributed by atoms with Crippen molar-refractivity contribution in [2.45, 2.75) is 32.4 Å². The summed E-state index contributed by atoms with van der Waals surface area (Å²) in [6, 6.07) is 4.44. The molecule has 1 aliphatic heterocycles. The fraction of sp³-hybridized carbons (Fsp3) is 0.533. The molecule has 1 aromatic rings. The van der Waals surface area contributed by atoms with Crippen molar-refractivity contribution in [2.24, 2.45) is 0 Å². The van der Waals surface area contributed by atoms with Crippen molar-refractivity contribution >= 4 is 6.09 Å². The summed E-state index contributed by atoms with van der Waals surface area (Å²) >= 11 is 0. The van der Waals surface area contributed by atoms with Crippen LogP contribution in [0.4, 0.5) is 9.18 Å². The van der Waals surface area contributed by atoms with Crippen LogP contribution in [0.3, 0.4) is 0 Å². The summed E-state index contributed by atoms with van der Waals surface area (Å²) in [7, 11) is 0. The van der Waals surface area contributed by atoms with Crippen LogP contribution in [0.2, 0.25) is 0 Å². The number of carbonyl (C=O) groups is 1. The summed E-state index contributed by atoms with van der Waals surface area (Å²) in [5, 5.41) is 5.87. The molecule has 0 bridgehead atoms. The number of benzene rings is 1. The number of alkyl carbamates (subject to hydrolysis) is 1. The Labute approximate surface area is 123 Å². The first kappa shape index (κ1) is 15.6. The Kier molecular flexibility index (Phi) is 5.38. The van der Waals surface area contributed by atoms with Crippen molar-refractivity contribution in [3.8, 4) is 5.75 Å². The summed E-state index contributed by atoms with van der Waals surface area (Å²) in [6.45, 7) is 5.57. The molecule has 2 atom stereocenters. The van der Waals surface area contributed by atoms with Crippen LogP contribution in [0.1, 0.15) is 31.9 Å². The van der Waals surface area contributed by atoms with Crippen molar-refractivity contribution in [1.82, 2.24) is 10.6 Å². The summed E-state index contributed by atoms with van der Waals surface area (Å²) < 4.78 is 24.2. The second-order valence-electron chi connectivity index (χ2n) is 5.08. The van der Waals surface area contributed by atoms with Crippen molar-refractivity contribution in [3.05, 3.63) is 29.6 Å². The zero-order chi connectivity index (χ0) is 15.2. The van der Waals surface area contributed by atoms with Gasteiger partial charge in [0.05, 0.1) is 6.54 Å². The Balaban J connectivity index is 2.02. The Morgan fingerprint density at radius 3 is 3.05 bits per heavy atom. The largest absolute Gasteiger partial charge is 0.489 e. The second kappa shape index (κ2) is 7.26. The molecule has 1 amide bonds. The van der Waals surface area contributed by atoms with E-state index in [2.05, 4.69) is 17.6 Å². The average molecular weight is 296 g/mol. The van der Waals surface area contributed by atoms with Crippen LogP contribution in [-0.2, 0) is 4.74 Å². The first-order valence-electron chi connectivity index (χ1n) is 7.20. The molecule has 21 heavy (non-hydrogen) atoms. The molecule has 2 N–H and O–H groups in total. The van der Waals surface area contributed by atoms with E-state index in [1.54, 1.807) is 6.07 Å². The smallest absolute Gasteiger partial charge is 0.407 e. The summed E-state index contributed by atoms with van der Waals surface area (Å²) in [6.07, 6.45) is 0.259. The number of amides is 1. The quantitative estimate of drug-likeness (QED) is 0.811. The van der Waals surface area contributed by atoms with Gasteiger partial charge in [0.25, 0.3) is 0 Å². The minimum Gasteiger partial charge on any atom is -0.489 e. The van der Waals surface area contributed by atoms with Crippen LogP contribution in [-0.4, -0.2) is 31.9 Å². The molecule has 0 saturated carbocycles. The number of carbonyl (C=O) groups excluding carboxylic acids is 1. The lowest BCUT2D eigenvalue weighted by atomic mass is 10.1. The highest BCUT2D eigenvalue weighted by Gasteiger charge is 2.23. The van der Waals surface area contributed by atoms with Crippen molar-refractivity contribution in [3.63, 3.8) is 0 Å². The third-order valence-corrected chi connectivity index (χ3v) is 3.31. The summed E-state index contributed by atoms with van der Waals surface area (Å²) in [5.41, 5.74) is 0.765. The number of nitrogens with one attached hydrogen (secondary N) is 2. The molecule has 1 heterocycles. The van der Waals surface area contributed by atoms with Crippen LogP contribution in [0.15, 0.2) is 18.2 Å². The van der Waals surface area contributed by atoms with E-state index in [-0.39, 0.29) is 24.6 Å². The predicted octanol–water partition coefficient (Wildman–Crippen LogP) is 2.37. The van der Waals surface area contributed by atoms with Gasteiger partial charge in [0.2, 0.25) is 0 Å². The summed E-state index contributed by atoms with van der Waals surface area (Å²) in [4.78, 5) is 11.0. The topological polar surface area (TPSA) is 59.6 Å². The van der Waals surface area contributed by atoms with E-state index in [4.69, 9.17) is 9.47 Å². The highest BCUT2D eigenvalue weighted by Crippen LogP contribution is 2.26. The van der Waals surface area contributed by atoms with Gasteiger partial charge in [0, 0.05) is 11.6 Å². The number of cyclic esters (lactones) is 1. The van der Waals surface area contributed by atoms with Crippen molar-refractivity contribution in [2.75, 3.05) is 19.7 Å². The van der Waals surface area contributed by atoms with Gasteiger partial charge in [-0.2, -0.15) is 0 Å². The molecule has 0 radical (unpaired) electrons. The van der Waals surface area contributed by atoms with Crippen LogP contribution >= 0.6 is 0 Å². The first-order valence-corrected chi connectivity index (χ1v) is 7.20. The van der Waals surface area contributed by atoms with E-state index in [0.717, 1.165) is 18.5 Å². The SMILES string of the molecule is CCCNC(C)c1cc(F)ccc1OCC1CNC(=O)O1. The molecule has 5 nitrogen and oxygen atoms in total. The standard InChI is InChI=1S/C15H21FN2O3/c1-3-6-17-10(2)13-7-11(16)4-5-14(13)20-9-12-8-18-15(19)21-12/h4-5,7,10,12,17H,3,6,8-9H2,1-2H3,(H,18,19). The molecular formula is C15H21FN2O3. The number of hydrogen-bond donors (Lipinski definition) is 2. The number of hydrogen-bond acceptors (Lipinski definition) is 4. The molecule has 1 saturated heterocycles. The zero-order valence-corrected chi connectivity index (χ0v) is 12.3. The van der Waals surface area contributed by atoms with Crippen molar-refractivity contribution in [1.29, 1.82) is 0 Å². The highest BCUT2D eigenvalue weighted by atomic mass is 19.1. The third-order valence-electron chi connectivity index (χ3n) is 3.31. The maximum absolute atomic E-state index is 13.5. The molecule has 1 fully saturated rings. The Morgan fingerprint density at radius 1 is 1.57 bits per heavy atom. The maximum Gasteiger partial charge on any atom is 0.407 e. The normalized spacial score (nSPS) is 19.0. The minimum atomic E-state index is -0.430. The molecule has 6 heteroatoms. The first-order chi connectivity index (χ1) is 10.1. The molecule has 2 unspecified atom stereocenters. The van der Waals surface area contributed by atoms with Gasteiger partial charge in [-0.1, -0.05) is 6.92 Å². The van der Waals surface area contributed by atoms with Gasteiger partial charge in [0.1, 0.15) is 18.2 Å². The van der Waals surface area contributed by atoms with Gasteiger partial charge in [-0.05, 0) is 38.1 Å². The van der Waals surface area contributed by atoms with Gasteiger partial charge < -0.3 is 20.1 Å². The molecule has 2 rings (SSSR count).